The Labute approximate surface area is 148 Å². The van der Waals surface area contributed by atoms with Gasteiger partial charge < -0.3 is 14.5 Å². The normalized spacial score (nSPS) is 13.6. The number of nitrogens with zero attached hydrogens (tertiary/aromatic N) is 1. The highest BCUT2D eigenvalue weighted by molar-refractivity contribution is 8.08. The van der Waals surface area contributed by atoms with E-state index in [1.165, 1.54) is 6.07 Å². The Morgan fingerprint density at radius 2 is 2.00 bits per heavy atom. The number of hydrogen-bond donors (Lipinski definition) is 3. The van der Waals surface area contributed by atoms with Crippen molar-refractivity contribution in [2.75, 3.05) is 6.54 Å². The molecule has 0 aliphatic heterocycles. The third kappa shape index (κ3) is 7.42. The lowest BCUT2D eigenvalue weighted by molar-refractivity contribution is -0.137. The molecule has 6 nitrogen and oxygen atoms in total. The topological polar surface area (TPSA) is 91.7 Å². The summed E-state index contributed by atoms with van der Waals surface area (Å²) in [5.74, 6) is -0.927. The lowest BCUT2D eigenvalue weighted by atomic mass is 10.2. The van der Waals surface area contributed by atoms with Gasteiger partial charge >= 0.3 is 12.6 Å². The molecular weight excluding hydrogens is 394 g/mol. The Hall–Kier alpha value is -0.140. The first-order valence-corrected chi connectivity index (χ1v) is 10.0. The smallest absolute Gasteiger partial charge is 0.311 e. The molecule has 1 unspecified atom stereocenters. The largest absolute Gasteiger partial charge is 0.481 e. The van der Waals surface area contributed by atoms with Gasteiger partial charge in [0.2, 0.25) is 5.88 Å². The van der Waals surface area contributed by atoms with E-state index in [1.807, 2.05) is 0 Å². The molecular formula is C11H14Cl3N2O4PS. The highest BCUT2D eigenvalue weighted by Gasteiger charge is 2.19. The first kappa shape index (κ1) is 19.9. The van der Waals surface area contributed by atoms with Crippen molar-refractivity contribution in [2.24, 2.45) is 0 Å². The first-order chi connectivity index (χ1) is 10.2. The van der Waals surface area contributed by atoms with E-state index in [4.69, 9.17) is 56.2 Å². The predicted molar refractivity (Wildman–Crippen MR) is 90.5 cm³/mol. The molecule has 0 spiro atoms. The summed E-state index contributed by atoms with van der Waals surface area (Å²) in [5, 5.41) is 11.4. The molecule has 0 radical (unpaired) electrons. The van der Waals surface area contributed by atoms with Crippen molar-refractivity contribution in [2.45, 2.75) is 25.7 Å². The quantitative estimate of drug-likeness (QED) is 0.325. The van der Waals surface area contributed by atoms with Gasteiger partial charge in [-0.3, -0.25) is 4.79 Å². The zero-order chi connectivity index (χ0) is 16.8. The summed E-state index contributed by atoms with van der Waals surface area (Å²) in [6.07, 6.45) is 2.03. The maximum atomic E-state index is 10.4. The van der Waals surface area contributed by atoms with Gasteiger partial charge in [-0.1, -0.05) is 41.2 Å². The molecule has 0 bridgehead atoms. The Kier molecular flexibility index (Phi) is 8.35. The summed E-state index contributed by atoms with van der Waals surface area (Å²) < 4.78 is 5.20. The molecule has 0 aliphatic rings. The summed E-state index contributed by atoms with van der Waals surface area (Å²) in [6, 6.07) is 1.34. The van der Waals surface area contributed by atoms with Crippen molar-refractivity contribution >= 4 is 59.2 Å². The van der Waals surface area contributed by atoms with E-state index in [2.05, 4.69) is 10.1 Å². The molecule has 0 aliphatic carbocycles. The number of carboxylic acid groups (broad SMARTS) is 1. The van der Waals surface area contributed by atoms with E-state index < -0.39 is 12.6 Å². The number of aliphatic carboxylic acids is 1. The highest BCUT2D eigenvalue weighted by atomic mass is 35.5. The Morgan fingerprint density at radius 1 is 1.32 bits per heavy atom. The average Bonchev–Trinajstić information content (AvgIpc) is 2.39. The molecule has 0 aromatic carbocycles. The van der Waals surface area contributed by atoms with Crippen LogP contribution < -0.4 is 9.61 Å². The molecule has 3 N–H and O–H groups in total. The number of carboxylic acids is 1. The summed E-state index contributed by atoms with van der Waals surface area (Å²) >= 11 is 22.3. The standard InChI is InChI=1S/C11H14Cl3N2O4PS/c12-7-6-8(13)11(16-10(7)14)20-21(19,22)15-5-3-1-2-4-9(17)18/h6H,1-5H2,(H,17,18)(H2,15,19,22). The van der Waals surface area contributed by atoms with Crippen LogP contribution in [-0.4, -0.2) is 27.5 Å². The maximum absolute atomic E-state index is 10.4. The van der Waals surface area contributed by atoms with Gasteiger partial charge in [-0.25, -0.2) is 5.09 Å². The highest BCUT2D eigenvalue weighted by Crippen LogP contribution is 2.42. The summed E-state index contributed by atoms with van der Waals surface area (Å²) in [6.45, 7) is -2.94. The van der Waals surface area contributed by atoms with Gasteiger partial charge in [0.1, 0.15) is 5.02 Å². The van der Waals surface area contributed by atoms with Gasteiger partial charge in [-0.15, -0.1) is 0 Å². The minimum absolute atomic E-state index is 0.00950. The minimum atomic E-state index is -3.33. The van der Waals surface area contributed by atoms with Crippen molar-refractivity contribution in [3.05, 3.63) is 21.3 Å². The molecule has 1 aromatic rings. The predicted octanol–water partition coefficient (Wildman–Crippen LogP) is 3.87. The van der Waals surface area contributed by atoms with Crippen LogP contribution in [0, 0.1) is 0 Å². The van der Waals surface area contributed by atoms with Crippen LogP contribution in [-0.2, 0) is 16.6 Å². The fraction of sp³-hybridized carbons (Fsp3) is 0.455. The van der Waals surface area contributed by atoms with Crippen molar-refractivity contribution in [1.82, 2.24) is 10.1 Å². The number of hydrogen-bond acceptors (Lipinski definition) is 4. The number of pyridine rings is 1. The number of carbonyl (C=O) groups is 1. The zero-order valence-electron chi connectivity index (χ0n) is 11.3. The fourth-order valence-electron chi connectivity index (χ4n) is 1.44. The van der Waals surface area contributed by atoms with Gasteiger partial charge in [0.25, 0.3) is 0 Å². The molecule has 0 fully saturated rings. The molecule has 1 rings (SSSR count). The monoisotopic (exact) mass is 406 g/mol. The Morgan fingerprint density at radius 3 is 2.64 bits per heavy atom. The van der Waals surface area contributed by atoms with Crippen LogP contribution in [0.1, 0.15) is 25.7 Å². The van der Waals surface area contributed by atoms with Gasteiger partial charge in [-0.2, -0.15) is 4.98 Å². The first-order valence-electron chi connectivity index (χ1n) is 6.22. The fourth-order valence-corrected chi connectivity index (χ4v) is 3.39. The van der Waals surface area contributed by atoms with E-state index in [-0.39, 0.29) is 27.5 Å². The molecule has 22 heavy (non-hydrogen) atoms. The summed E-state index contributed by atoms with van der Waals surface area (Å²) in [5.41, 5.74) is 0. The number of nitrogens with one attached hydrogen (secondary N) is 1. The van der Waals surface area contributed by atoms with Crippen molar-refractivity contribution in [1.29, 1.82) is 0 Å². The average molecular weight is 408 g/mol. The van der Waals surface area contributed by atoms with Gasteiger partial charge in [0, 0.05) is 13.0 Å². The Bertz CT molecular complexity index is 591. The number of unbranched alkanes of at least 4 members (excludes halogenated alkanes) is 2. The van der Waals surface area contributed by atoms with Gasteiger partial charge in [-0.05, 0) is 30.7 Å². The van der Waals surface area contributed by atoms with Crippen LogP contribution >= 0.6 is 41.4 Å². The van der Waals surface area contributed by atoms with Crippen LogP contribution in [0.15, 0.2) is 6.07 Å². The molecule has 0 saturated carbocycles. The van der Waals surface area contributed by atoms with E-state index in [9.17, 15) is 9.69 Å². The second-order valence-electron chi connectivity index (χ2n) is 4.27. The SMILES string of the molecule is O=C(O)CCCCCNP(O)(=S)Oc1nc(Cl)c(Cl)cc1Cl. The summed E-state index contributed by atoms with van der Waals surface area (Å²) in [4.78, 5) is 24.2. The molecule has 0 amide bonds. The van der Waals surface area contributed by atoms with Crippen LogP contribution in [0.3, 0.4) is 0 Å². The van der Waals surface area contributed by atoms with Crippen LogP contribution in [0.25, 0.3) is 0 Å². The lowest BCUT2D eigenvalue weighted by Crippen LogP contribution is -2.15. The van der Waals surface area contributed by atoms with Crippen LogP contribution in [0.5, 0.6) is 5.88 Å². The Balaban J connectivity index is 2.45. The van der Waals surface area contributed by atoms with Crippen molar-refractivity contribution in [3.63, 3.8) is 0 Å². The molecule has 1 atom stereocenters. The third-order valence-corrected chi connectivity index (χ3v) is 5.04. The van der Waals surface area contributed by atoms with Crippen LogP contribution in [0.4, 0.5) is 0 Å². The minimum Gasteiger partial charge on any atom is -0.481 e. The second-order valence-corrected chi connectivity index (χ2v) is 8.47. The molecule has 11 heteroatoms. The lowest BCUT2D eigenvalue weighted by Gasteiger charge is -2.18. The van der Waals surface area contributed by atoms with Crippen molar-refractivity contribution in [3.8, 4) is 5.88 Å². The summed E-state index contributed by atoms with van der Waals surface area (Å²) in [7, 11) is 0. The molecule has 0 saturated heterocycles. The molecule has 1 heterocycles. The third-order valence-electron chi connectivity index (χ3n) is 2.44. The van der Waals surface area contributed by atoms with E-state index in [0.29, 0.717) is 25.8 Å². The maximum Gasteiger partial charge on any atom is 0.311 e. The van der Waals surface area contributed by atoms with Crippen LogP contribution in [0.2, 0.25) is 15.2 Å². The number of halogens is 3. The number of rotatable bonds is 9. The van der Waals surface area contributed by atoms with Gasteiger partial charge in [0.05, 0.1) is 5.02 Å². The molecule has 124 valence electrons. The zero-order valence-corrected chi connectivity index (χ0v) is 15.2. The van der Waals surface area contributed by atoms with E-state index in [1.54, 1.807) is 0 Å². The van der Waals surface area contributed by atoms with E-state index in [0.717, 1.165) is 0 Å². The van der Waals surface area contributed by atoms with Crippen molar-refractivity contribution < 1.29 is 19.3 Å². The second kappa shape index (κ2) is 9.23. The van der Waals surface area contributed by atoms with E-state index >= 15 is 0 Å². The number of aromatic nitrogens is 1. The molecule has 1 aromatic heterocycles. The van der Waals surface area contributed by atoms with Gasteiger partial charge in [0.15, 0.2) is 5.15 Å².